The number of anilines is 1. The van der Waals surface area contributed by atoms with Gasteiger partial charge in [0.05, 0.1) is 19.3 Å². The van der Waals surface area contributed by atoms with Crippen molar-refractivity contribution in [3.8, 4) is 5.75 Å². The van der Waals surface area contributed by atoms with Crippen LogP contribution in [-0.2, 0) is 18.8 Å². The molecule has 2 heterocycles. The van der Waals surface area contributed by atoms with Gasteiger partial charge < -0.3 is 24.3 Å². The van der Waals surface area contributed by atoms with E-state index >= 15 is 0 Å². The van der Waals surface area contributed by atoms with E-state index in [4.69, 9.17) is 24.3 Å². The van der Waals surface area contributed by atoms with E-state index in [1.165, 1.54) is 4.57 Å². The maximum absolute atomic E-state index is 12.0. The highest BCUT2D eigenvalue weighted by Gasteiger charge is 2.29. The van der Waals surface area contributed by atoms with Crippen LogP contribution in [0.4, 0.5) is 5.82 Å². The summed E-state index contributed by atoms with van der Waals surface area (Å²) in [5.74, 6) is 0.396. The minimum atomic E-state index is -1.60. The number of carbonyl (C=O) groups is 1. The van der Waals surface area contributed by atoms with E-state index in [0.29, 0.717) is 25.2 Å². The summed E-state index contributed by atoms with van der Waals surface area (Å²) in [6.45, 7) is 2.25. The van der Waals surface area contributed by atoms with Gasteiger partial charge in [-0.05, 0) is 38.0 Å². The highest BCUT2D eigenvalue weighted by Crippen LogP contribution is 2.37. The summed E-state index contributed by atoms with van der Waals surface area (Å²) in [7, 11) is -1.60. The molecule has 3 rings (SSSR count). The van der Waals surface area contributed by atoms with E-state index in [-0.39, 0.29) is 25.1 Å². The van der Waals surface area contributed by atoms with Crippen LogP contribution in [0.3, 0.4) is 0 Å². The lowest BCUT2D eigenvalue weighted by molar-refractivity contribution is -0.141. The van der Waals surface area contributed by atoms with E-state index in [1.807, 2.05) is 18.2 Å². The molecule has 1 aromatic heterocycles. The van der Waals surface area contributed by atoms with Crippen LogP contribution in [0, 0.1) is 0 Å². The lowest BCUT2D eigenvalue weighted by atomic mass is 10.2. The Hall–Kier alpha value is -2.52. The molecule has 3 N–H and O–H groups in total. The third-order valence-corrected chi connectivity index (χ3v) is 5.39. The van der Waals surface area contributed by atoms with Crippen LogP contribution in [0.25, 0.3) is 0 Å². The lowest BCUT2D eigenvalue weighted by Crippen LogP contribution is -2.28. The van der Waals surface area contributed by atoms with Crippen LogP contribution in [0.2, 0.25) is 0 Å². The molecular formula is C19H25N4O6P. The summed E-state index contributed by atoms with van der Waals surface area (Å²) in [6.07, 6.45) is 2.27. The summed E-state index contributed by atoms with van der Waals surface area (Å²) in [5.41, 5.74) is 5.08. The summed E-state index contributed by atoms with van der Waals surface area (Å²) in [5, 5.41) is 2.95. The number of para-hydroxylation sites is 1. The van der Waals surface area contributed by atoms with Crippen molar-refractivity contribution >= 4 is 20.3 Å². The molecule has 1 aliphatic heterocycles. The Bertz CT molecular complexity index is 881. The first-order chi connectivity index (χ1) is 14.5. The van der Waals surface area contributed by atoms with E-state index in [2.05, 4.69) is 10.1 Å². The van der Waals surface area contributed by atoms with Gasteiger partial charge in [-0.15, -0.1) is 0 Å². The molecule has 0 saturated carbocycles. The molecule has 10 nitrogen and oxygen atoms in total. The number of nitrogens with zero attached hydrogens (tertiary/aromatic N) is 2. The van der Waals surface area contributed by atoms with Crippen molar-refractivity contribution in [3.63, 3.8) is 0 Å². The summed E-state index contributed by atoms with van der Waals surface area (Å²) >= 11 is 0. The van der Waals surface area contributed by atoms with Gasteiger partial charge >= 0.3 is 20.2 Å². The zero-order valence-electron chi connectivity index (χ0n) is 16.6. The molecule has 0 aliphatic carbocycles. The molecule has 0 radical (unpaired) electrons. The van der Waals surface area contributed by atoms with Crippen molar-refractivity contribution in [1.29, 1.82) is 0 Å². The smallest absolute Gasteiger partial charge is 0.351 e. The van der Waals surface area contributed by atoms with Crippen molar-refractivity contribution in [3.05, 3.63) is 53.1 Å². The Morgan fingerprint density at radius 2 is 2.13 bits per heavy atom. The second-order valence-corrected chi connectivity index (χ2v) is 7.70. The van der Waals surface area contributed by atoms with Gasteiger partial charge in [-0.25, -0.2) is 9.88 Å². The standard InChI is InChI=1S/C19H25N4O6P/c1-2-26-18(24)12-21-30(29-14-6-4-3-5-7-14)27-13-15-8-9-17(28-15)23-11-10-16(20)22-19(23)25/h3-7,10-11,15,17,21H,2,8-9,12-13H2,1H3,(H2,20,22,25). The fourth-order valence-electron chi connectivity index (χ4n) is 2.83. The molecule has 11 heteroatoms. The number of nitrogen functional groups attached to an aromatic ring is 1. The number of esters is 1. The second kappa shape index (κ2) is 11.0. The molecule has 162 valence electrons. The fourth-order valence-corrected chi connectivity index (χ4v) is 3.91. The molecule has 1 fully saturated rings. The Balaban J connectivity index is 1.55. The normalized spacial score (nSPS) is 19.4. The summed E-state index contributed by atoms with van der Waals surface area (Å²) < 4.78 is 24.0. The Morgan fingerprint density at radius 1 is 1.33 bits per heavy atom. The number of hydrogen-bond donors (Lipinski definition) is 2. The highest BCUT2D eigenvalue weighted by atomic mass is 31.2. The number of carbonyl (C=O) groups excluding carboxylic acids is 1. The first-order valence-electron chi connectivity index (χ1n) is 9.60. The molecule has 3 unspecified atom stereocenters. The molecule has 3 atom stereocenters. The molecule has 0 amide bonds. The molecule has 30 heavy (non-hydrogen) atoms. The minimum absolute atomic E-state index is 0.0347. The van der Waals surface area contributed by atoms with E-state index < -0.39 is 26.4 Å². The largest absolute Gasteiger partial charge is 0.465 e. The van der Waals surface area contributed by atoms with Gasteiger partial charge in [0.2, 0.25) is 0 Å². The molecule has 2 aromatic rings. The van der Waals surface area contributed by atoms with Gasteiger partial charge in [0.15, 0.2) is 0 Å². The first kappa shape index (κ1) is 22.2. The van der Waals surface area contributed by atoms with Crippen molar-refractivity contribution in [2.75, 3.05) is 25.5 Å². The van der Waals surface area contributed by atoms with E-state index in [0.717, 1.165) is 0 Å². The summed E-state index contributed by atoms with van der Waals surface area (Å²) in [4.78, 5) is 27.4. The molecule has 1 aromatic carbocycles. The number of nitrogens with one attached hydrogen (secondary N) is 1. The van der Waals surface area contributed by atoms with Gasteiger partial charge in [-0.3, -0.25) is 9.36 Å². The Labute approximate surface area is 175 Å². The maximum Gasteiger partial charge on any atom is 0.351 e. The summed E-state index contributed by atoms with van der Waals surface area (Å²) in [6, 6.07) is 10.7. The van der Waals surface area contributed by atoms with Crippen LogP contribution < -0.4 is 21.0 Å². The molecule has 0 spiro atoms. The third-order valence-electron chi connectivity index (χ3n) is 4.21. The van der Waals surface area contributed by atoms with Crippen molar-refractivity contribution in [2.45, 2.75) is 32.1 Å². The molecular weight excluding hydrogens is 411 g/mol. The predicted molar refractivity (Wildman–Crippen MR) is 111 cm³/mol. The average molecular weight is 436 g/mol. The average Bonchev–Trinajstić information content (AvgIpc) is 3.19. The quantitative estimate of drug-likeness (QED) is 0.424. The monoisotopic (exact) mass is 436 g/mol. The molecule has 0 bridgehead atoms. The van der Waals surface area contributed by atoms with Crippen molar-refractivity contribution in [2.24, 2.45) is 0 Å². The topological polar surface area (TPSA) is 127 Å². The Kier molecular flexibility index (Phi) is 8.15. The van der Waals surface area contributed by atoms with Gasteiger partial charge in [0.1, 0.15) is 24.3 Å². The number of ether oxygens (including phenoxy) is 2. The van der Waals surface area contributed by atoms with Crippen LogP contribution >= 0.6 is 8.53 Å². The number of nitrogens with two attached hydrogens (primary N) is 1. The van der Waals surface area contributed by atoms with Crippen LogP contribution in [0.15, 0.2) is 47.4 Å². The second-order valence-electron chi connectivity index (χ2n) is 6.43. The SMILES string of the molecule is CCOC(=O)CNP(OCC1CCC(n2ccc(N)nc2=O)O1)Oc1ccccc1. The van der Waals surface area contributed by atoms with Gasteiger partial charge in [0, 0.05) is 6.20 Å². The van der Waals surface area contributed by atoms with Crippen LogP contribution in [-0.4, -0.2) is 41.4 Å². The van der Waals surface area contributed by atoms with E-state index in [1.54, 1.807) is 31.3 Å². The predicted octanol–water partition coefficient (Wildman–Crippen LogP) is 1.98. The lowest BCUT2D eigenvalue weighted by Gasteiger charge is -2.21. The maximum atomic E-state index is 12.0. The van der Waals surface area contributed by atoms with Gasteiger partial charge in [-0.2, -0.15) is 4.98 Å². The van der Waals surface area contributed by atoms with Crippen LogP contribution in [0.1, 0.15) is 26.0 Å². The van der Waals surface area contributed by atoms with Gasteiger partial charge in [-0.1, -0.05) is 18.2 Å². The van der Waals surface area contributed by atoms with Gasteiger partial charge in [0.25, 0.3) is 0 Å². The first-order valence-corrected chi connectivity index (χ1v) is 10.8. The number of rotatable bonds is 10. The highest BCUT2D eigenvalue weighted by molar-refractivity contribution is 7.45. The minimum Gasteiger partial charge on any atom is -0.465 e. The van der Waals surface area contributed by atoms with Crippen LogP contribution in [0.5, 0.6) is 5.75 Å². The number of hydrogen-bond acceptors (Lipinski definition) is 9. The van der Waals surface area contributed by atoms with Crippen molar-refractivity contribution < 1.29 is 23.3 Å². The van der Waals surface area contributed by atoms with Crippen molar-refractivity contribution in [1.82, 2.24) is 14.6 Å². The van der Waals surface area contributed by atoms with E-state index in [9.17, 15) is 9.59 Å². The molecule has 1 saturated heterocycles. The zero-order valence-corrected chi connectivity index (χ0v) is 17.5. The Morgan fingerprint density at radius 3 is 2.87 bits per heavy atom. The molecule has 1 aliphatic rings. The third kappa shape index (κ3) is 6.50. The number of benzene rings is 1. The fraction of sp³-hybridized carbons (Fsp3) is 0.421. The number of aromatic nitrogens is 2. The zero-order chi connectivity index (χ0) is 21.3.